The van der Waals surface area contributed by atoms with Crippen LogP contribution < -0.4 is 9.47 Å². The fraction of sp³-hybridized carbons (Fsp3) is 0.350. The van der Waals surface area contributed by atoms with Gasteiger partial charge in [-0.05, 0) is 30.3 Å². The number of nitrogens with zero attached hydrogens (tertiary/aromatic N) is 1. The lowest BCUT2D eigenvalue weighted by Gasteiger charge is -2.18. The molecular formula is C20H25NO6S. The van der Waals surface area contributed by atoms with Gasteiger partial charge in [-0.15, -0.1) is 0 Å². The molecule has 0 saturated heterocycles. The molecule has 0 aliphatic rings. The number of rotatable bonds is 9. The number of carbonyl (C=O) groups is 1. The van der Waals surface area contributed by atoms with Crippen molar-refractivity contribution in [1.82, 2.24) is 4.31 Å². The highest BCUT2D eigenvalue weighted by Crippen LogP contribution is 2.31. The van der Waals surface area contributed by atoms with Crippen LogP contribution in [0.2, 0.25) is 0 Å². The zero-order valence-corrected chi connectivity index (χ0v) is 17.3. The average molecular weight is 407 g/mol. The molecule has 0 fully saturated rings. The number of carbonyl (C=O) groups excluding carboxylic acids is 1. The first-order valence-electron chi connectivity index (χ1n) is 8.86. The van der Waals surface area contributed by atoms with Crippen molar-refractivity contribution in [1.29, 1.82) is 0 Å². The summed E-state index contributed by atoms with van der Waals surface area (Å²) in [7, 11) is -0.523. The lowest BCUT2D eigenvalue weighted by Crippen LogP contribution is -2.30. The molecule has 0 atom stereocenters. The number of methoxy groups -OCH3 is 2. The van der Waals surface area contributed by atoms with Crippen molar-refractivity contribution in [2.75, 3.05) is 27.3 Å². The summed E-state index contributed by atoms with van der Waals surface area (Å²) in [6.45, 7) is 4.31. The van der Waals surface area contributed by atoms with Crippen LogP contribution in [0.1, 0.15) is 29.8 Å². The number of benzene rings is 2. The smallest absolute Gasteiger partial charge is 0.338 e. The van der Waals surface area contributed by atoms with Crippen molar-refractivity contribution in [3.8, 4) is 11.5 Å². The van der Waals surface area contributed by atoms with Crippen LogP contribution in [-0.2, 0) is 21.4 Å². The molecule has 0 unspecified atom stereocenters. The molecule has 0 aromatic heterocycles. The summed E-state index contributed by atoms with van der Waals surface area (Å²) in [5.41, 5.74) is 0.927. The number of esters is 1. The standard InChI is InChI=1S/C20H25NO6S/c1-5-21(6-2)28(23,24)17-12-10-15(11-13-17)20(22)27-14-16-8-7-9-18(25-3)19(16)26-4/h7-13H,5-6,14H2,1-4H3. The van der Waals surface area contributed by atoms with Crippen LogP contribution in [0.3, 0.4) is 0 Å². The molecular weight excluding hydrogens is 382 g/mol. The second kappa shape index (κ2) is 9.57. The van der Waals surface area contributed by atoms with Gasteiger partial charge in [0.25, 0.3) is 0 Å². The number of hydrogen-bond acceptors (Lipinski definition) is 6. The fourth-order valence-corrected chi connectivity index (χ4v) is 4.23. The third-order valence-electron chi connectivity index (χ3n) is 4.28. The molecule has 0 spiro atoms. The molecule has 0 heterocycles. The number of hydrogen-bond donors (Lipinski definition) is 0. The maximum atomic E-state index is 12.5. The highest BCUT2D eigenvalue weighted by atomic mass is 32.2. The predicted octanol–water partition coefficient (Wildman–Crippen LogP) is 3.09. The van der Waals surface area contributed by atoms with Crippen LogP contribution in [0, 0.1) is 0 Å². The molecule has 0 aliphatic carbocycles. The van der Waals surface area contributed by atoms with Gasteiger partial charge in [0.05, 0.1) is 24.7 Å². The van der Waals surface area contributed by atoms with E-state index >= 15 is 0 Å². The third kappa shape index (κ3) is 4.63. The second-order valence-electron chi connectivity index (χ2n) is 5.84. The lowest BCUT2D eigenvalue weighted by molar-refractivity contribution is 0.0469. The molecule has 28 heavy (non-hydrogen) atoms. The molecule has 2 aromatic rings. The summed E-state index contributed by atoms with van der Waals surface area (Å²) < 4.78 is 42.2. The Balaban J connectivity index is 2.12. The Morgan fingerprint density at radius 2 is 1.61 bits per heavy atom. The van der Waals surface area contributed by atoms with E-state index in [0.29, 0.717) is 30.2 Å². The van der Waals surface area contributed by atoms with E-state index < -0.39 is 16.0 Å². The first kappa shape index (κ1) is 21.7. The summed E-state index contributed by atoms with van der Waals surface area (Å²) in [5, 5.41) is 0. The van der Waals surface area contributed by atoms with Crippen LogP contribution in [-0.4, -0.2) is 46.0 Å². The Bertz CT molecular complexity index is 905. The Morgan fingerprint density at radius 3 is 2.14 bits per heavy atom. The summed E-state index contributed by atoms with van der Waals surface area (Å²) in [6, 6.07) is 11.0. The molecule has 8 heteroatoms. The van der Waals surface area contributed by atoms with Crippen LogP contribution in [0.4, 0.5) is 0 Å². The summed E-state index contributed by atoms with van der Waals surface area (Å²) >= 11 is 0. The first-order chi connectivity index (χ1) is 13.4. The third-order valence-corrected chi connectivity index (χ3v) is 6.34. The van der Waals surface area contributed by atoms with Crippen LogP contribution in [0.25, 0.3) is 0 Å². The Kier molecular flexibility index (Phi) is 7.42. The Morgan fingerprint density at radius 1 is 0.964 bits per heavy atom. The SMILES string of the molecule is CCN(CC)S(=O)(=O)c1ccc(C(=O)OCc2cccc(OC)c2OC)cc1. The normalized spacial score (nSPS) is 11.3. The topological polar surface area (TPSA) is 82.1 Å². The van der Waals surface area contributed by atoms with Crippen LogP contribution in [0.5, 0.6) is 11.5 Å². The highest BCUT2D eigenvalue weighted by Gasteiger charge is 2.22. The fourth-order valence-electron chi connectivity index (χ4n) is 2.77. The molecule has 152 valence electrons. The van der Waals surface area contributed by atoms with E-state index in [-0.39, 0.29) is 17.1 Å². The molecule has 0 aliphatic heterocycles. The van der Waals surface area contributed by atoms with E-state index in [4.69, 9.17) is 14.2 Å². The maximum absolute atomic E-state index is 12.5. The molecule has 0 N–H and O–H groups in total. The van der Waals surface area contributed by atoms with Gasteiger partial charge >= 0.3 is 5.97 Å². The van der Waals surface area contributed by atoms with Gasteiger partial charge in [0.15, 0.2) is 11.5 Å². The molecule has 2 rings (SSSR count). The van der Waals surface area contributed by atoms with Gasteiger partial charge in [-0.2, -0.15) is 4.31 Å². The molecule has 0 saturated carbocycles. The summed E-state index contributed by atoms with van der Waals surface area (Å²) in [4.78, 5) is 12.5. The van der Waals surface area contributed by atoms with Gasteiger partial charge < -0.3 is 14.2 Å². The molecule has 7 nitrogen and oxygen atoms in total. The Labute approximate surface area is 165 Å². The van der Waals surface area contributed by atoms with E-state index in [2.05, 4.69) is 0 Å². The van der Waals surface area contributed by atoms with Crippen molar-refractivity contribution in [3.05, 3.63) is 53.6 Å². The van der Waals surface area contributed by atoms with Crippen LogP contribution in [0.15, 0.2) is 47.4 Å². The predicted molar refractivity (Wildman–Crippen MR) is 105 cm³/mol. The average Bonchev–Trinajstić information content (AvgIpc) is 2.72. The van der Waals surface area contributed by atoms with E-state index in [9.17, 15) is 13.2 Å². The number of ether oxygens (including phenoxy) is 3. The van der Waals surface area contributed by atoms with Gasteiger partial charge in [-0.3, -0.25) is 0 Å². The monoisotopic (exact) mass is 407 g/mol. The van der Waals surface area contributed by atoms with E-state index in [1.807, 2.05) is 0 Å². The van der Waals surface area contributed by atoms with Crippen molar-refractivity contribution in [2.24, 2.45) is 0 Å². The van der Waals surface area contributed by atoms with E-state index in [1.165, 1.54) is 42.8 Å². The zero-order valence-electron chi connectivity index (χ0n) is 16.5. The van der Waals surface area contributed by atoms with Crippen molar-refractivity contribution < 1.29 is 27.4 Å². The largest absolute Gasteiger partial charge is 0.493 e. The Hall–Kier alpha value is -2.58. The van der Waals surface area contributed by atoms with Gasteiger partial charge in [0.2, 0.25) is 10.0 Å². The number of sulfonamides is 1. The molecule has 0 radical (unpaired) electrons. The first-order valence-corrected chi connectivity index (χ1v) is 10.3. The number of para-hydroxylation sites is 1. The maximum Gasteiger partial charge on any atom is 0.338 e. The summed E-state index contributed by atoms with van der Waals surface area (Å²) in [5.74, 6) is 0.483. The van der Waals surface area contributed by atoms with Gasteiger partial charge in [0, 0.05) is 18.7 Å². The quantitative estimate of drug-likeness (QED) is 0.594. The molecule has 2 aromatic carbocycles. The van der Waals surface area contributed by atoms with Crippen molar-refractivity contribution in [2.45, 2.75) is 25.3 Å². The molecule has 0 amide bonds. The minimum absolute atomic E-state index is 0.00129. The van der Waals surface area contributed by atoms with Gasteiger partial charge in [0.1, 0.15) is 6.61 Å². The molecule has 0 bridgehead atoms. The van der Waals surface area contributed by atoms with Crippen molar-refractivity contribution in [3.63, 3.8) is 0 Å². The zero-order chi connectivity index (χ0) is 20.7. The highest BCUT2D eigenvalue weighted by molar-refractivity contribution is 7.89. The minimum Gasteiger partial charge on any atom is -0.493 e. The van der Waals surface area contributed by atoms with Crippen molar-refractivity contribution >= 4 is 16.0 Å². The van der Waals surface area contributed by atoms with E-state index in [0.717, 1.165) is 0 Å². The van der Waals surface area contributed by atoms with Gasteiger partial charge in [-0.25, -0.2) is 13.2 Å². The minimum atomic E-state index is -3.56. The lowest BCUT2D eigenvalue weighted by atomic mass is 10.2. The van der Waals surface area contributed by atoms with E-state index in [1.54, 1.807) is 32.0 Å². The second-order valence-corrected chi connectivity index (χ2v) is 7.78. The summed E-state index contributed by atoms with van der Waals surface area (Å²) in [6.07, 6.45) is 0. The van der Waals surface area contributed by atoms with Crippen LogP contribution >= 0.6 is 0 Å². The van der Waals surface area contributed by atoms with Gasteiger partial charge in [-0.1, -0.05) is 26.0 Å².